The van der Waals surface area contributed by atoms with Crippen LogP contribution in [-0.2, 0) is 18.4 Å². The Morgan fingerprint density at radius 3 is 2.92 bits per heavy atom. The molecule has 0 unspecified atom stereocenters. The fraction of sp³-hybridized carbons (Fsp3) is 0.143. The third kappa shape index (κ3) is 2.38. The largest absolute Gasteiger partial charge is 0.453 e. The monoisotopic (exact) mass is 424 g/mol. The number of fused-ring (bicyclic) bond motifs is 3. The zero-order chi connectivity index (χ0) is 16.8. The predicted octanol–water partition coefficient (Wildman–Crippen LogP) is 2.82. The van der Waals surface area contributed by atoms with Gasteiger partial charge >= 0.3 is 5.97 Å². The molecule has 0 atom stereocenters. The molecule has 24 heavy (non-hydrogen) atoms. The standard InChI is InChI=1S/C14H9BrN4O3S2/c1-18-12(20)11-7(4-5-23-11)19-10(16-17-14(18)19)6-22-13(21)8-2-3-9(15)24-8/h2-5H,6H2,1H3. The number of hydrogen-bond donors (Lipinski definition) is 0. The first-order valence-corrected chi connectivity index (χ1v) is 9.28. The van der Waals surface area contributed by atoms with Gasteiger partial charge in [-0.25, -0.2) is 4.79 Å². The van der Waals surface area contributed by atoms with Gasteiger partial charge in [-0.15, -0.1) is 32.9 Å². The molecule has 0 aliphatic heterocycles. The topological polar surface area (TPSA) is 78.5 Å². The van der Waals surface area contributed by atoms with E-state index < -0.39 is 5.97 Å². The number of carbonyl (C=O) groups excluding carboxylic acids is 1. The first-order valence-electron chi connectivity index (χ1n) is 6.79. The van der Waals surface area contributed by atoms with Crippen molar-refractivity contribution in [2.24, 2.45) is 7.05 Å². The lowest BCUT2D eigenvalue weighted by Gasteiger charge is -2.05. The molecule has 0 radical (unpaired) electrons. The van der Waals surface area contributed by atoms with Crippen LogP contribution in [0.4, 0.5) is 0 Å². The Morgan fingerprint density at radius 2 is 2.17 bits per heavy atom. The summed E-state index contributed by atoms with van der Waals surface area (Å²) in [5.41, 5.74) is 0.597. The number of esters is 1. The minimum Gasteiger partial charge on any atom is -0.453 e. The fourth-order valence-electron chi connectivity index (χ4n) is 2.37. The summed E-state index contributed by atoms with van der Waals surface area (Å²) >= 11 is 5.97. The molecule has 0 amide bonds. The van der Waals surface area contributed by atoms with Crippen molar-refractivity contribution in [3.63, 3.8) is 0 Å². The molecule has 0 spiro atoms. The maximum Gasteiger partial charge on any atom is 0.348 e. The van der Waals surface area contributed by atoms with Crippen LogP contribution in [0.1, 0.15) is 15.5 Å². The van der Waals surface area contributed by atoms with Crippen LogP contribution in [-0.4, -0.2) is 25.1 Å². The number of nitrogens with zero attached hydrogens (tertiary/aromatic N) is 4. The molecule has 4 aromatic heterocycles. The lowest BCUT2D eigenvalue weighted by Crippen LogP contribution is -2.19. The third-order valence-electron chi connectivity index (χ3n) is 3.50. The molecular weight excluding hydrogens is 416 g/mol. The zero-order valence-electron chi connectivity index (χ0n) is 12.2. The molecular formula is C14H9BrN4O3S2. The maximum atomic E-state index is 12.3. The van der Waals surface area contributed by atoms with E-state index in [9.17, 15) is 9.59 Å². The highest BCUT2D eigenvalue weighted by Crippen LogP contribution is 2.23. The molecule has 0 aliphatic carbocycles. The van der Waals surface area contributed by atoms with Crippen LogP contribution in [0.25, 0.3) is 16.0 Å². The van der Waals surface area contributed by atoms with E-state index in [4.69, 9.17) is 4.74 Å². The Balaban J connectivity index is 1.73. The van der Waals surface area contributed by atoms with Gasteiger partial charge in [0.15, 0.2) is 12.4 Å². The molecule has 0 bridgehead atoms. The molecule has 0 N–H and O–H groups in total. The van der Waals surface area contributed by atoms with Gasteiger partial charge in [-0.2, -0.15) is 0 Å². The number of aryl methyl sites for hydroxylation is 1. The minimum atomic E-state index is -0.422. The van der Waals surface area contributed by atoms with Crippen LogP contribution < -0.4 is 5.56 Å². The summed E-state index contributed by atoms with van der Waals surface area (Å²) < 4.78 is 9.98. The van der Waals surface area contributed by atoms with Gasteiger partial charge in [0, 0.05) is 7.05 Å². The Bertz CT molecular complexity index is 1140. The summed E-state index contributed by atoms with van der Waals surface area (Å²) in [4.78, 5) is 24.9. The van der Waals surface area contributed by atoms with Crippen LogP contribution in [0.15, 0.2) is 32.2 Å². The number of halogens is 1. The van der Waals surface area contributed by atoms with Crippen molar-refractivity contribution < 1.29 is 9.53 Å². The van der Waals surface area contributed by atoms with Crippen LogP contribution in [0, 0.1) is 0 Å². The quantitative estimate of drug-likeness (QED) is 0.472. The number of thiophene rings is 2. The number of hydrogen-bond acceptors (Lipinski definition) is 7. The van der Waals surface area contributed by atoms with Crippen molar-refractivity contribution in [3.05, 3.63) is 48.4 Å². The number of carbonyl (C=O) groups is 1. The molecule has 122 valence electrons. The van der Waals surface area contributed by atoms with E-state index in [1.54, 1.807) is 23.6 Å². The summed E-state index contributed by atoms with van der Waals surface area (Å²) in [6.07, 6.45) is 0. The molecule has 10 heteroatoms. The van der Waals surface area contributed by atoms with Crippen LogP contribution >= 0.6 is 38.6 Å². The van der Waals surface area contributed by atoms with E-state index in [1.807, 2.05) is 11.4 Å². The van der Waals surface area contributed by atoms with Gasteiger partial charge in [0.25, 0.3) is 5.56 Å². The molecule has 0 saturated carbocycles. The zero-order valence-corrected chi connectivity index (χ0v) is 15.4. The molecule has 4 heterocycles. The van der Waals surface area contributed by atoms with E-state index in [0.29, 0.717) is 26.7 Å². The second-order valence-corrected chi connectivity index (χ2v) is 8.31. The summed E-state index contributed by atoms with van der Waals surface area (Å²) in [6.45, 7) is -0.0291. The van der Waals surface area contributed by atoms with Crippen molar-refractivity contribution in [1.29, 1.82) is 0 Å². The molecule has 0 fully saturated rings. The lowest BCUT2D eigenvalue weighted by atomic mass is 10.4. The van der Waals surface area contributed by atoms with Gasteiger partial charge in [-0.05, 0) is 39.5 Å². The summed E-state index contributed by atoms with van der Waals surface area (Å²) in [5, 5.41) is 9.96. The van der Waals surface area contributed by atoms with Crippen LogP contribution in [0.2, 0.25) is 0 Å². The fourth-order valence-corrected chi connectivity index (χ4v) is 4.50. The molecule has 7 nitrogen and oxygen atoms in total. The summed E-state index contributed by atoms with van der Waals surface area (Å²) in [7, 11) is 1.64. The first-order chi connectivity index (χ1) is 11.6. The maximum absolute atomic E-state index is 12.3. The number of rotatable bonds is 3. The SMILES string of the molecule is Cn1c(=O)c2sccc2n2c(COC(=O)c3ccc(Br)s3)nnc12. The van der Waals surface area contributed by atoms with Gasteiger partial charge < -0.3 is 4.74 Å². The van der Waals surface area contributed by atoms with E-state index in [2.05, 4.69) is 26.1 Å². The van der Waals surface area contributed by atoms with Crippen LogP contribution in [0.5, 0.6) is 0 Å². The third-order valence-corrected chi connectivity index (χ3v) is 6.00. The van der Waals surface area contributed by atoms with E-state index in [1.165, 1.54) is 27.2 Å². The first kappa shape index (κ1) is 15.5. The second kappa shape index (κ2) is 5.80. The average molecular weight is 425 g/mol. The predicted molar refractivity (Wildman–Crippen MR) is 94.7 cm³/mol. The van der Waals surface area contributed by atoms with Crippen molar-refractivity contribution in [3.8, 4) is 0 Å². The highest BCUT2D eigenvalue weighted by molar-refractivity contribution is 9.11. The van der Waals surface area contributed by atoms with Crippen molar-refractivity contribution >= 4 is 60.6 Å². The minimum absolute atomic E-state index is 0.0291. The normalized spacial score (nSPS) is 11.4. The smallest absolute Gasteiger partial charge is 0.348 e. The number of ether oxygens (including phenoxy) is 1. The molecule has 4 rings (SSSR count). The van der Waals surface area contributed by atoms with Gasteiger partial charge in [-0.1, -0.05) is 0 Å². The molecule has 0 aliphatic rings. The number of aromatic nitrogens is 4. The van der Waals surface area contributed by atoms with E-state index in [0.717, 1.165) is 3.79 Å². The van der Waals surface area contributed by atoms with Gasteiger partial charge in [0.1, 0.15) is 9.58 Å². The van der Waals surface area contributed by atoms with Gasteiger partial charge in [-0.3, -0.25) is 13.8 Å². The van der Waals surface area contributed by atoms with Crippen molar-refractivity contribution in [1.82, 2.24) is 19.2 Å². The van der Waals surface area contributed by atoms with Crippen molar-refractivity contribution in [2.75, 3.05) is 0 Å². The van der Waals surface area contributed by atoms with Crippen LogP contribution in [0.3, 0.4) is 0 Å². The van der Waals surface area contributed by atoms with Crippen molar-refractivity contribution in [2.45, 2.75) is 6.61 Å². The molecule has 4 aromatic rings. The highest BCUT2D eigenvalue weighted by Gasteiger charge is 2.17. The van der Waals surface area contributed by atoms with Gasteiger partial charge in [0.05, 0.1) is 9.30 Å². The Hall–Kier alpha value is -2.04. The lowest BCUT2D eigenvalue weighted by molar-refractivity contribution is 0.0467. The average Bonchev–Trinajstić information content (AvgIpc) is 3.28. The summed E-state index contributed by atoms with van der Waals surface area (Å²) in [5.74, 6) is 0.456. The summed E-state index contributed by atoms with van der Waals surface area (Å²) in [6, 6.07) is 5.32. The van der Waals surface area contributed by atoms with Gasteiger partial charge in [0.2, 0.25) is 5.78 Å². The van der Waals surface area contributed by atoms with E-state index in [-0.39, 0.29) is 12.2 Å². The Morgan fingerprint density at radius 1 is 1.33 bits per heavy atom. The molecule has 0 aromatic carbocycles. The second-order valence-electron chi connectivity index (χ2n) is 4.93. The molecule has 0 saturated heterocycles. The van der Waals surface area contributed by atoms with E-state index >= 15 is 0 Å². The Labute approximate surface area is 151 Å². The Kier molecular flexibility index (Phi) is 3.74. The highest BCUT2D eigenvalue weighted by atomic mass is 79.9.